The molecule has 2 rings (SSSR count). The molecule has 0 aromatic carbocycles. The molecule has 0 bridgehead atoms. The fourth-order valence-electron chi connectivity index (χ4n) is 1.36. The summed E-state index contributed by atoms with van der Waals surface area (Å²) >= 11 is 1.52. The average molecular weight is 238 g/mol. The Balaban J connectivity index is 2.59. The van der Waals surface area contributed by atoms with Gasteiger partial charge in [-0.25, -0.2) is 20.2 Å². The number of hydrogen-bond acceptors (Lipinski definition) is 5. The molecule has 2 aromatic heterocycles. The number of nitrogens with zero attached hydrogens (tertiary/aromatic N) is 2. The number of nitrogens with one attached hydrogen (secondary N) is 1. The second-order valence-corrected chi connectivity index (χ2v) is 4.29. The van der Waals surface area contributed by atoms with Crippen molar-refractivity contribution >= 4 is 17.2 Å². The minimum Gasteiger partial charge on any atom is -0.306 e. The summed E-state index contributed by atoms with van der Waals surface area (Å²) in [6, 6.07) is 1.97. The van der Waals surface area contributed by atoms with E-state index in [1.807, 2.05) is 18.4 Å². The van der Waals surface area contributed by atoms with Gasteiger partial charge in [-0.3, -0.25) is 0 Å². The van der Waals surface area contributed by atoms with Crippen molar-refractivity contribution in [3.63, 3.8) is 0 Å². The van der Waals surface area contributed by atoms with E-state index in [2.05, 4.69) is 15.4 Å². The molecular formula is C10H11FN4S. The van der Waals surface area contributed by atoms with E-state index in [0.29, 0.717) is 5.82 Å². The van der Waals surface area contributed by atoms with Crippen LogP contribution in [0.4, 0.5) is 10.2 Å². The summed E-state index contributed by atoms with van der Waals surface area (Å²) in [5, 5.41) is 1.95. The lowest BCUT2D eigenvalue weighted by atomic mass is 10.2. The summed E-state index contributed by atoms with van der Waals surface area (Å²) in [6.45, 7) is 3.55. The molecule has 0 unspecified atom stereocenters. The molecule has 0 saturated carbocycles. The van der Waals surface area contributed by atoms with Gasteiger partial charge in [0.1, 0.15) is 0 Å². The molecule has 0 fully saturated rings. The van der Waals surface area contributed by atoms with E-state index in [1.165, 1.54) is 11.3 Å². The van der Waals surface area contributed by atoms with Crippen molar-refractivity contribution in [1.82, 2.24) is 9.97 Å². The third kappa shape index (κ3) is 1.77. The number of aryl methyl sites for hydroxylation is 2. The van der Waals surface area contributed by atoms with Crippen molar-refractivity contribution in [2.24, 2.45) is 5.84 Å². The Bertz CT molecular complexity index is 524. The zero-order valence-corrected chi connectivity index (χ0v) is 9.73. The molecule has 2 heterocycles. The third-order valence-corrected chi connectivity index (χ3v) is 3.23. The molecule has 0 aliphatic heterocycles. The highest BCUT2D eigenvalue weighted by Crippen LogP contribution is 2.28. The molecule has 2 aromatic rings. The number of rotatable bonds is 2. The van der Waals surface area contributed by atoms with Crippen LogP contribution in [0.1, 0.15) is 11.3 Å². The maximum absolute atomic E-state index is 13.5. The van der Waals surface area contributed by atoms with Crippen LogP contribution in [-0.4, -0.2) is 9.97 Å². The van der Waals surface area contributed by atoms with Crippen LogP contribution in [0.5, 0.6) is 0 Å². The first-order valence-electron chi connectivity index (χ1n) is 4.68. The number of nitrogen functional groups attached to an aromatic ring is 1. The second-order valence-electron chi connectivity index (χ2n) is 3.37. The van der Waals surface area contributed by atoms with Crippen LogP contribution in [0, 0.1) is 19.7 Å². The van der Waals surface area contributed by atoms with Crippen molar-refractivity contribution in [1.29, 1.82) is 0 Å². The lowest BCUT2D eigenvalue weighted by Crippen LogP contribution is -2.12. The second kappa shape index (κ2) is 4.15. The highest BCUT2D eigenvalue weighted by Gasteiger charge is 2.13. The van der Waals surface area contributed by atoms with E-state index >= 15 is 0 Å². The predicted molar refractivity (Wildman–Crippen MR) is 62.6 cm³/mol. The number of hydrazine groups is 1. The normalized spacial score (nSPS) is 10.5. The van der Waals surface area contributed by atoms with Crippen LogP contribution in [0.3, 0.4) is 0 Å². The fraction of sp³-hybridized carbons (Fsp3) is 0.200. The van der Waals surface area contributed by atoms with Crippen LogP contribution in [0.2, 0.25) is 0 Å². The van der Waals surface area contributed by atoms with E-state index < -0.39 is 5.82 Å². The number of hydrogen-bond donors (Lipinski definition) is 2. The van der Waals surface area contributed by atoms with Gasteiger partial charge in [-0.1, -0.05) is 0 Å². The van der Waals surface area contributed by atoms with Crippen LogP contribution in [0.15, 0.2) is 11.4 Å². The van der Waals surface area contributed by atoms with Gasteiger partial charge in [0.25, 0.3) is 0 Å². The maximum atomic E-state index is 13.5. The number of anilines is 1. The van der Waals surface area contributed by atoms with Gasteiger partial charge in [0.15, 0.2) is 17.5 Å². The summed E-state index contributed by atoms with van der Waals surface area (Å²) in [4.78, 5) is 9.09. The Morgan fingerprint density at radius 2 is 2.12 bits per heavy atom. The lowest BCUT2D eigenvalue weighted by Gasteiger charge is -2.06. The summed E-state index contributed by atoms with van der Waals surface area (Å²) in [7, 11) is 0. The molecule has 0 radical (unpaired) electrons. The molecule has 0 atom stereocenters. The SMILES string of the molecule is Cc1ccsc1-c1nc(C)c(F)c(NN)n1. The average Bonchev–Trinajstić information content (AvgIpc) is 2.68. The quantitative estimate of drug-likeness (QED) is 0.622. The fourth-order valence-corrected chi connectivity index (χ4v) is 2.22. The highest BCUT2D eigenvalue weighted by atomic mass is 32.1. The molecular weight excluding hydrogens is 227 g/mol. The third-order valence-electron chi connectivity index (χ3n) is 2.22. The van der Waals surface area contributed by atoms with E-state index in [-0.39, 0.29) is 11.5 Å². The van der Waals surface area contributed by atoms with Crippen molar-refractivity contribution in [2.45, 2.75) is 13.8 Å². The molecule has 4 nitrogen and oxygen atoms in total. The number of aromatic nitrogens is 2. The summed E-state index contributed by atoms with van der Waals surface area (Å²) in [6.07, 6.45) is 0. The number of halogens is 1. The van der Waals surface area contributed by atoms with Crippen LogP contribution in [0.25, 0.3) is 10.7 Å². The van der Waals surface area contributed by atoms with Gasteiger partial charge in [-0.2, -0.15) is 0 Å². The van der Waals surface area contributed by atoms with Crippen LogP contribution in [-0.2, 0) is 0 Å². The Morgan fingerprint density at radius 3 is 2.69 bits per heavy atom. The molecule has 0 amide bonds. The van der Waals surface area contributed by atoms with E-state index in [9.17, 15) is 4.39 Å². The minimum atomic E-state index is -0.513. The summed E-state index contributed by atoms with van der Waals surface area (Å²) in [5.74, 6) is 5.21. The van der Waals surface area contributed by atoms with Crippen LogP contribution < -0.4 is 11.3 Å². The van der Waals surface area contributed by atoms with E-state index in [4.69, 9.17) is 5.84 Å². The first-order chi connectivity index (χ1) is 7.63. The maximum Gasteiger partial charge on any atom is 0.187 e. The van der Waals surface area contributed by atoms with Gasteiger partial charge in [0, 0.05) is 0 Å². The molecule has 0 aliphatic carbocycles. The smallest absolute Gasteiger partial charge is 0.187 e. The molecule has 6 heteroatoms. The van der Waals surface area contributed by atoms with Gasteiger partial charge in [-0.15, -0.1) is 11.3 Å². The Hall–Kier alpha value is -1.53. The molecule has 0 spiro atoms. The van der Waals surface area contributed by atoms with Gasteiger partial charge in [0.2, 0.25) is 0 Å². The highest BCUT2D eigenvalue weighted by molar-refractivity contribution is 7.13. The standard InChI is InChI=1S/C10H11FN4S/c1-5-3-4-16-8(5)10-13-6(2)7(11)9(14-10)15-12/h3-4H,12H2,1-2H3,(H,13,14,15). The predicted octanol–water partition coefficient (Wildman–Crippen LogP) is 2.25. The summed E-state index contributed by atoms with van der Waals surface area (Å²) < 4.78 is 13.5. The van der Waals surface area contributed by atoms with E-state index in [0.717, 1.165) is 10.4 Å². The van der Waals surface area contributed by atoms with Crippen LogP contribution >= 0.6 is 11.3 Å². The molecule has 0 aliphatic rings. The zero-order chi connectivity index (χ0) is 11.7. The first kappa shape index (κ1) is 11.0. The minimum absolute atomic E-state index is 0.0234. The molecule has 3 N–H and O–H groups in total. The van der Waals surface area contributed by atoms with Crippen molar-refractivity contribution in [3.8, 4) is 10.7 Å². The molecule has 84 valence electrons. The Kier molecular flexibility index (Phi) is 2.84. The number of thiophene rings is 1. The summed E-state index contributed by atoms with van der Waals surface area (Å²) in [5.41, 5.74) is 3.59. The monoisotopic (exact) mass is 238 g/mol. The van der Waals surface area contributed by atoms with E-state index in [1.54, 1.807) is 6.92 Å². The Morgan fingerprint density at radius 1 is 1.38 bits per heavy atom. The van der Waals surface area contributed by atoms with Gasteiger partial charge < -0.3 is 5.43 Å². The Labute approximate surface area is 96.3 Å². The van der Waals surface area contributed by atoms with Gasteiger partial charge >= 0.3 is 0 Å². The molecule has 16 heavy (non-hydrogen) atoms. The van der Waals surface area contributed by atoms with Crippen molar-refractivity contribution < 1.29 is 4.39 Å². The van der Waals surface area contributed by atoms with Gasteiger partial charge in [0.05, 0.1) is 10.6 Å². The van der Waals surface area contributed by atoms with Gasteiger partial charge in [-0.05, 0) is 30.9 Å². The molecule has 0 saturated heterocycles. The number of nitrogens with two attached hydrogens (primary N) is 1. The van der Waals surface area contributed by atoms with Crippen molar-refractivity contribution in [2.75, 3.05) is 5.43 Å². The van der Waals surface area contributed by atoms with Crippen molar-refractivity contribution in [3.05, 3.63) is 28.5 Å². The zero-order valence-electron chi connectivity index (χ0n) is 8.91. The lowest BCUT2D eigenvalue weighted by molar-refractivity contribution is 0.606. The first-order valence-corrected chi connectivity index (χ1v) is 5.56. The topological polar surface area (TPSA) is 63.8 Å². The largest absolute Gasteiger partial charge is 0.306 e.